The second-order valence-corrected chi connectivity index (χ2v) is 48.4. The summed E-state index contributed by atoms with van der Waals surface area (Å²) < 4.78 is 62.7. The van der Waals surface area contributed by atoms with Gasteiger partial charge in [-0.05, 0) is 116 Å². The Morgan fingerprint density at radius 2 is 0.222 bits per heavy atom. The quantitative estimate of drug-likeness (QED) is 0.0434. The summed E-state index contributed by atoms with van der Waals surface area (Å²) in [6.45, 7) is 63.4. The van der Waals surface area contributed by atoms with E-state index in [4.69, 9.17) is 18.8 Å². The van der Waals surface area contributed by atoms with E-state index in [1.54, 1.807) is 0 Å². The molecule has 0 radical (unpaired) electrons. The molecule has 0 aliphatic carbocycles. The van der Waals surface area contributed by atoms with E-state index in [0.717, 1.165) is 118 Å². The van der Waals surface area contributed by atoms with Crippen molar-refractivity contribution in [3.05, 3.63) is 0 Å². The maximum Gasteiger partial charge on any atom is 0.372 e. The fraction of sp³-hybridized carbons (Fsp3) is 1.00. The minimum Gasteiger partial charge on any atom is -0.300 e. The second-order valence-electron chi connectivity index (χ2n) is 39.3. The molecule has 0 aromatic carbocycles. The Bertz CT molecular complexity index is 1820. The van der Waals surface area contributed by atoms with E-state index in [2.05, 4.69) is 176 Å². The molecule has 17 heteroatoms. The van der Waals surface area contributed by atoms with Gasteiger partial charge in [0, 0.05) is 127 Å². The van der Waals surface area contributed by atoms with Crippen molar-refractivity contribution in [2.24, 2.45) is 14.2 Å². The van der Waals surface area contributed by atoms with Crippen molar-refractivity contribution in [3.63, 3.8) is 0 Å². The van der Waals surface area contributed by atoms with Crippen molar-refractivity contribution in [3.8, 4) is 0 Å². The lowest BCUT2D eigenvalue weighted by Crippen LogP contribution is -2.48. The number of rotatable bonds is 103. The molecule has 0 fully saturated rings. The second kappa shape index (κ2) is 92.1. The third-order valence-electron chi connectivity index (χ3n) is 27.2. The first-order valence-corrected chi connectivity index (χ1v) is 63.2. The Morgan fingerprint density at radius 3 is 0.286 bits per heavy atom. The van der Waals surface area contributed by atoms with Gasteiger partial charge in [0.05, 0.1) is 0 Å². The van der Waals surface area contributed by atoms with E-state index in [0.29, 0.717) is 0 Å². The highest BCUT2D eigenvalue weighted by Crippen LogP contribution is 2.70. The van der Waals surface area contributed by atoms with Crippen LogP contribution < -0.4 is 0 Å². The minimum atomic E-state index is -3.25. The lowest BCUT2D eigenvalue weighted by molar-refractivity contribution is 0.117. The first kappa shape index (κ1) is 127. The molecule has 0 aliphatic heterocycles. The topological polar surface area (TPSA) is 75.5 Å². The molecule has 758 valence electrons. The van der Waals surface area contributed by atoms with Crippen LogP contribution in [0.3, 0.4) is 0 Å². The van der Waals surface area contributed by atoms with Crippen LogP contribution in [-0.4, -0.2) is 166 Å². The highest BCUT2D eigenvalue weighted by molar-refractivity contribution is 7.60. The van der Waals surface area contributed by atoms with Crippen LogP contribution in [0.4, 0.5) is 0 Å². The molecule has 0 saturated heterocycles. The molecule has 0 spiro atoms. The summed E-state index contributed by atoms with van der Waals surface area (Å²) in [6.07, 6.45) is 89.5. The van der Waals surface area contributed by atoms with E-state index in [9.17, 15) is 0 Å². The third-order valence-corrected chi connectivity index (χ3v) is 39.6. The standard InChI is InChI=1S/C109H236N12OP4/c1-19-37-55-73-91-113(92-74-56-38-20-2)124(114(93-75-57-39-21-3)94-76-58-40-22-4,115(95-77-59-41-23-5)96-78-60-42-24-6)110-109(122-123,111-125(116(97-79-61-43-25-7)98-80-62-44-26-8,117(99-81-63-45-27-9)100-82-64-46-28-10)118(101-83-65-47-29-11)102-84-66-48-30-12)112-126(119(103-85-67-49-31-13)104-86-68-50-32-14,120(105-87-69-51-33-15)106-88-70-52-34-16)121(107-89-71-53-35-17)108-90-72-54-36-18/h19-108,123H2,1-18H3. The van der Waals surface area contributed by atoms with Gasteiger partial charge < -0.3 is 0 Å². The number of hydrogen-bond donors (Lipinski definition) is 0. The molecule has 126 heavy (non-hydrogen) atoms. The monoisotopic (exact) mass is 1850 g/mol. The summed E-state index contributed by atoms with van der Waals surface area (Å²) in [7, 11) is -6.40. The summed E-state index contributed by atoms with van der Waals surface area (Å²) in [5.74, 6) is -1.68. The normalized spacial score (nSPS) is 12.8. The van der Waals surface area contributed by atoms with E-state index >= 15 is 0 Å². The fourth-order valence-corrected chi connectivity index (χ4v) is 33.1. The third kappa shape index (κ3) is 56.6. The molecule has 0 rings (SSSR count). The van der Waals surface area contributed by atoms with Crippen LogP contribution in [0, 0.1) is 0 Å². The van der Waals surface area contributed by atoms with Crippen LogP contribution in [0.15, 0.2) is 14.2 Å². The first-order valence-electron chi connectivity index (χ1n) is 57.9. The molecule has 0 amide bonds. The van der Waals surface area contributed by atoms with Crippen LogP contribution >= 0.6 is 32.0 Å². The number of hydrogen-bond acceptors (Lipinski definition) is 4. The van der Waals surface area contributed by atoms with Crippen LogP contribution in [0.25, 0.3) is 0 Å². The fourth-order valence-electron chi connectivity index (χ4n) is 19.2. The zero-order valence-corrected chi connectivity index (χ0v) is 93.7. The minimum absolute atomic E-state index is 1.06. The smallest absolute Gasteiger partial charge is 0.300 e. The molecule has 0 aliphatic rings. The highest BCUT2D eigenvalue weighted by atomic mass is 31.2. The average Bonchev–Trinajstić information content (AvgIpc) is 0.716. The molecule has 1 atom stereocenters. The van der Waals surface area contributed by atoms with Crippen molar-refractivity contribution in [2.45, 2.75) is 593 Å². The van der Waals surface area contributed by atoms with E-state index in [-0.39, 0.29) is 0 Å². The van der Waals surface area contributed by atoms with Gasteiger partial charge in [-0.25, -0.2) is 42.0 Å². The summed E-state index contributed by atoms with van der Waals surface area (Å²) in [6, 6.07) is 0. The van der Waals surface area contributed by atoms with Crippen molar-refractivity contribution < 1.29 is 4.52 Å². The lowest BCUT2D eigenvalue weighted by atomic mass is 10.2. The molecular formula is C109H236N12OP4. The maximum absolute atomic E-state index is 8.89. The molecule has 0 N–H and O–H groups in total. The molecule has 0 saturated carbocycles. The predicted octanol–water partition coefficient (Wildman–Crippen LogP) is 38.4. The summed E-state index contributed by atoms with van der Waals surface area (Å²) in [5, 5.41) is 0. The van der Waals surface area contributed by atoms with Gasteiger partial charge in [-0.2, -0.15) is 14.2 Å². The van der Waals surface area contributed by atoms with E-state index < -0.39 is 28.5 Å². The first-order chi connectivity index (χ1) is 61.9. The van der Waals surface area contributed by atoms with Crippen molar-refractivity contribution in [1.29, 1.82) is 0 Å². The van der Waals surface area contributed by atoms with Gasteiger partial charge in [0.1, 0.15) is 0 Å². The Labute approximate surface area is 798 Å². The van der Waals surface area contributed by atoms with Crippen LogP contribution in [0.2, 0.25) is 0 Å². The predicted molar refractivity (Wildman–Crippen MR) is 580 cm³/mol. The zero-order valence-electron chi connectivity index (χ0n) is 89.8. The molecule has 0 heterocycles. The molecule has 0 aromatic rings. The van der Waals surface area contributed by atoms with Gasteiger partial charge in [-0.15, -0.1) is 0 Å². The van der Waals surface area contributed by atoms with Crippen molar-refractivity contribution >= 4 is 32.0 Å². The molecule has 0 bridgehead atoms. The van der Waals surface area contributed by atoms with E-state index in [1.165, 1.54) is 462 Å². The highest BCUT2D eigenvalue weighted by Gasteiger charge is 2.53. The molecule has 13 nitrogen and oxygen atoms in total. The lowest BCUT2D eigenvalue weighted by Gasteiger charge is -2.54. The van der Waals surface area contributed by atoms with Crippen molar-refractivity contribution in [2.75, 3.05) is 118 Å². The van der Waals surface area contributed by atoms with Gasteiger partial charge in [-0.3, -0.25) is 4.52 Å². The average molecular weight is 1860 g/mol. The Balaban J connectivity index is 14.4. The molecule has 0 aromatic heterocycles. The maximum atomic E-state index is 8.89. The largest absolute Gasteiger partial charge is 0.372 e. The molecular weight excluding hydrogens is 1620 g/mol. The van der Waals surface area contributed by atoms with Gasteiger partial charge in [0.25, 0.3) is 0 Å². The zero-order chi connectivity index (χ0) is 92.7. The summed E-state index contributed by atoms with van der Waals surface area (Å²) in [5.41, 5.74) is 0. The van der Waals surface area contributed by atoms with E-state index in [1.807, 2.05) is 0 Å². The van der Waals surface area contributed by atoms with Crippen molar-refractivity contribution in [1.82, 2.24) is 42.0 Å². The van der Waals surface area contributed by atoms with Gasteiger partial charge in [0.15, 0.2) is 22.5 Å². The van der Waals surface area contributed by atoms with Gasteiger partial charge in [-0.1, -0.05) is 471 Å². The SMILES string of the molecule is CCCCCCN(CCCCCC)P(=NC(N=P(N(CCCCCC)CCCCCC)(N(CCCCCC)CCCCCC)N(CCCCCC)CCCCCC)(N=P(N(CCCCCC)CCCCCC)(N(CCCCCC)CCCCCC)N(CCCCCC)CCCCCC)OP)(N(CCCCCC)CCCCCC)N(CCCCCC)CCCCCC. The Kier molecular flexibility index (Phi) is 92.6. The Morgan fingerprint density at radius 1 is 0.143 bits per heavy atom. The number of nitrogens with zero attached hydrogens (tertiary/aromatic N) is 12. The number of unbranched alkanes of at least 4 members (excludes halogenated alkanes) is 54. The summed E-state index contributed by atoms with van der Waals surface area (Å²) >= 11 is 0. The van der Waals surface area contributed by atoms with Crippen LogP contribution in [0.5, 0.6) is 0 Å². The Hall–Kier alpha value is 0.720. The summed E-state index contributed by atoms with van der Waals surface area (Å²) in [4.78, 5) is 0. The van der Waals surface area contributed by atoms with Crippen LogP contribution in [-0.2, 0) is 4.52 Å². The van der Waals surface area contributed by atoms with Crippen LogP contribution in [0.1, 0.15) is 587 Å². The van der Waals surface area contributed by atoms with Gasteiger partial charge in [0.2, 0.25) is 0 Å². The molecule has 1 unspecified atom stereocenters. The van der Waals surface area contributed by atoms with Gasteiger partial charge >= 0.3 is 5.97 Å².